The second kappa shape index (κ2) is 2.15. The van der Waals surface area contributed by atoms with Gasteiger partial charge in [0.25, 0.3) is 0 Å². The number of hydrogen-bond donors (Lipinski definition) is 0. The molecule has 8 heavy (non-hydrogen) atoms. The molecule has 0 N–H and O–H groups in total. The minimum atomic E-state index is 0.642. The number of ether oxygens (including phenoxy) is 1. The van der Waals surface area contributed by atoms with E-state index in [0.29, 0.717) is 11.8 Å². The fourth-order valence-corrected chi connectivity index (χ4v) is 0.651. The average molecular weight is 111 g/mol. The van der Waals surface area contributed by atoms with Crippen LogP contribution in [0.15, 0.2) is 6.08 Å². The smallest absolute Gasteiger partial charge is 0.268 e. The van der Waals surface area contributed by atoms with Gasteiger partial charge in [-0.05, 0) is 0 Å². The Labute approximate surface area is 50.3 Å². The molecule has 0 aliphatic carbocycles. The van der Waals surface area contributed by atoms with Crippen LogP contribution in [0.4, 0.5) is 0 Å². The van der Waals surface area contributed by atoms with Crippen molar-refractivity contribution in [3.8, 4) is 0 Å². The Bertz CT molecular complexity index is 96.6. The standard InChI is InChI=1S/C7H11O/c1-6-3-4-8-5-7(6)2/h3,6-7H,5H2,1-2H3/q+1. The van der Waals surface area contributed by atoms with Gasteiger partial charge >= 0.3 is 6.26 Å². The summed E-state index contributed by atoms with van der Waals surface area (Å²) >= 11 is 0. The third-order valence-electron chi connectivity index (χ3n) is 1.66. The van der Waals surface area contributed by atoms with Gasteiger partial charge in [-0.2, -0.15) is 0 Å². The molecule has 1 rings (SSSR count). The fraction of sp³-hybridized carbons (Fsp3) is 0.714. The Morgan fingerprint density at radius 2 is 2.38 bits per heavy atom. The van der Waals surface area contributed by atoms with E-state index in [1.807, 2.05) is 6.08 Å². The average Bonchev–Trinajstić information content (AvgIpc) is 1.77. The van der Waals surface area contributed by atoms with Crippen LogP contribution in [-0.4, -0.2) is 6.61 Å². The molecule has 2 atom stereocenters. The second-order valence-electron chi connectivity index (χ2n) is 2.43. The quantitative estimate of drug-likeness (QED) is 0.431. The Morgan fingerprint density at radius 3 is 2.75 bits per heavy atom. The van der Waals surface area contributed by atoms with Crippen molar-refractivity contribution in [3.05, 3.63) is 12.3 Å². The summed E-state index contributed by atoms with van der Waals surface area (Å²) in [6, 6.07) is 0. The summed E-state index contributed by atoms with van der Waals surface area (Å²) in [5.74, 6) is 1.31. The monoisotopic (exact) mass is 111 g/mol. The molecule has 0 fully saturated rings. The molecular formula is C7H11O+. The van der Waals surface area contributed by atoms with Crippen LogP contribution >= 0.6 is 0 Å². The molecule has 0 aromatic rings. The summed E-state index contributed by atoms with van der Waals surface area (Å²) in [4.78, 5) is 0. The molecule has 0 radical (unpaired) electrons. The first-order chi connectivity index (χ1) is 3.80. The molecule has 1 heteroatoms. The molecule has 1 heterocycles. The minimum absolute atomic E-state index is 0.642. The maximum atomic E-state index is 4.95. The normalized spacial score (nSPS) is 35.8. The topological polar surface area (TPSA) is 9.23 Å². The first-order valence-electron chi connectivity index (χ1n) is 3.01. The SMILES string of the molecule is CC1C=[C+]OCC1C. The Hall–Kier alpha value is -0.550. The first-order valence-corrected chi connectivity index (χ1v) is 3.01. The molecule has 0 aromatic carbocycles. The van der Waals surface area contributed by atoms with Gasteiger partial charge in [0.05, 0.1) is 0 Å². The zero-order valence-corrected chi connectivity index (χ0v) is 5.35. The van der Waals surface area contributed by atoms with Gasteiger partial charge in [-0.1, -0.05) is 13.8 Å². The van der Waals surface area contributed by atoms with Crippen LogP contribution in [0.1, 0.15) is 13.8 Å². The van der Waals surface area contributed by atoms with E-state index in [0.717, 1.165) is 6.61 Å². The summed E-state index contributed by atoms with van der Waals surface area (Å²) in [6.45, 7) is 5.19. The summed E-state index contributed by atoms with van der Waals surface area (Å²) in [6.07, 6.45) is 4.72. The molecular weight excluding hydrogens is 100 g/mol. The molecule has 1 aliphatic rings. The number of hydrogen-bond acceptors (Lipinski definition) is 1. The van der Waals surface area contributed by atoms with Crippen molar-refractivity contribution in [1.82, 2.24) is 0 Å². The van der Waals surface area contributed by atoms with E-state index in [9.17, 15) is 0 Å². The number of allylic oxidation sites excluding steroid dienone is 1. The van der Waals surface area contributed by atoms with Crippen LogP contribution in [0.2, 0.25) is 0 Å². The van der Waals surface area contributed by atoms with Crippen molar-refractivity contribution in [3.63, 3.8) is 0 Å². The van der Waals surface area contributed by atoms with Crippen molar-refractivity contribution < 1.29 is 4.74 Å². The molecule has 44 valence electrons. The highest BCUT2D eigenvalue weighted by Crippen LogP contribution is 2.15. The fourth-order valence-electron chi connectivity index (χ4n) is 0.651. The third kappa shape index (κ3) is 0.988. The van der Waals surface area contributed by atoms with Crippen molar-refractivity contribution in [2.75, 3.05) is 6.61 Å². The minimum Gasteiger partial charge on any atom is -0.268 e. The Balaban J connectivity index is 2.47. The van der Waals surface area contributed by atoms with Crippen LogP contribution in [0.5, 0.6) is 0 Å². The first kappa shape index (κ1) is 5.58. The Kier molecular flexibility index (Phi) is 1.50. The molecule has 0 saturated heterocycles. The zero-order valence-electron chi connectivity index (χ0n) is 5.35. The van der Waals surface area contributed by atoms with Crippen molar-refractivity contribution in [2.45, 2.75) is 13.8 Å². The highest BCUT2D eigenvalue weighted by atomic mass is 16.5. The van der Waals surface area contributed by atoms with Crippen LogP contribution in [0.25, 0.3) is 0 Å². The van der Waals surface area contributed by atoms with Gasteiger partial charge in [-0.25, -0.2) is 0 Å². The predicted octanol–water partition coefficient (Wildman–Crippen LogP) is 1.61. The van der Waals surface area contributed by atoms with E-state index in [1.54, 1.807) is 0 Å². The maximum Gasteiger partial charge on any atom is 0.480 e. The molecule has 1 nitrogen and oxygen atoms in total. The van der Waals surface area contributed by atoms with Gasteiger partial charge in [0, 0.05) is 11.8 Å². The van der Waals surface area contributed by atoms with Gasteiger partial charge in [-0.3, -0.25) is 4.74 Å². The van der Waals surface area contributed by atoms with E-state index >= 15 is 0 Å². The van der Waals surface area contributed by atoms with Crippen LogP contribution < -0.4 is 0 Å². The molecule has 1 aliphatic heterocycles. The van der Waals surface area contributed by atoms with E-state index in [1.165, 1.54) is 0 Å². The summed E-state index contributed by atoms with van der Waals surface area (Å²) in [5.41, 5.74) is 0. The highest BCUT2D eigenvalue weighted by molar-refractivity contribution is 4.82. The summed E-state index contributed by atoms with van der Waals surface area (Å²) < 4.78 is 4.95. The van der Waals surface area contributed by atoms with Crippen molar-refractivity contribution in [1.29, 1.82) is 0 Å². The molecule has 0 bridgehead atoms. The maximum absolute atomic E-state index is 4.95. The van der Waals surface area contributed by atoms with Gasteiger partial charge < -0.3 is 0 Å². The number of rotatable bonds is 0. The largest absolute Gasteiger partial charge is 0.480 e. The van der Waals surface area contributed by atoms with Gasteiger partial charge in [0.1, 0.15) is 0 Å². The van der Waals surface area contributed by atoms with Crippen LogP contribution in [0, 0.1) is 18.1 Å². The van der Waals surface area contributed by atoms with E-state index < -0.39 is 0 Å². The van der Waals surface area contributed by atoms with E-state index in [2.05, 4.69) is 20.1 Å². The van der Waals surface area contributed by atoms with Crippen LogP contribution in [0.3, 0.4) is 0 Å². The van der Waals surface area contributed by atoms with E-state index in [4.69, 9.17) is 4.74 Å². The molecule has 0 amide bonds. The predicted molar refractivity (Wildman–Crippen MR) is 32.1 cm³/mol. The summed E-state index contributed by atoms with van der Waals surface area (Å²) in [5, 5.41) is 0. The molecule has 0 aromatic heterocycles. The van der Waals surface area contributed by atoms with Gasteiger partial charge in [0.15, 0.2) is 6.61 Å². The molecule has 0 saturated carbocycles. The van der Waals surface area contributed by atoms with Crippen molar-refractivity contribution >= 4 is 0 Å². The lowest BCUT2D eigenvalue weighted by Crippen LogP contribution is -2.15. The van der Waals surface area contributed by atoms with Crippen LogP contribution in [-0.2, 0) is 4.74 Å². The lowest BCUT2D eigenvalue weighted by Gasteiger charge is -2.10. The zero-order chi connectivity index (χ0) is 5.98. The Morgan fingerprint density at radius 1 is 1.62 bits per heavy atom. The molecule has 2 unspecified atom stereocenters. The lowest BCUT2D eigenvalue weighted by molar-refractivity contribution is 0.143. The summed E-state index contributed by atoms with van der Waals surface area (Å²) in [7, 11) is 0. The third-order valence-corrected chi connectivity index (χ3v) is 1.66. The van der Waals surface area contributed by atoms with Crippen molar-refractivity contribution in [2.24, 2.45) is 11.8 Å². The van der Waals surface area contributed by atoms with Gasteiger partial charge in [-0.15, -0.1) is 0 Å². The van der Waals surface area contributed by atoms with E-state index in [-0.39, 0.29) is 0 Å². The van der Waals surface area contributed by atoms with Gasteiger partial charge in [0.2, 0.25) is 6.08 Å². The second-order valence-corrected chi connectivity index (χ2v) is 2.43. The molecule has 0 spiro atoms. The lowest BCUT2D eigenvalue weighted by atomic mass is 9.96. The highest BCUT2D eigenvalue weighted by Gasteiger charge is 2.21.